The van der Waals surface area contributed by atoms with Gasteiger partial charge in [0.05, 0.1) is 18.9 Å². The van der Waals surface area contributed by atoms with Crippen molar-refractivity contribution in [1.29, 1.82) is 0 Å². The molecule has 1 aliphatic heterocycles. The van der Waals surface area contributed by atoms with Crippen molar-refractivity contribution in [1.82, 2.24) is 5.32 Å². The fraction of sp³-hybridized carbons (Fsp3) is 0.167. The van der Waals surface area contributed by atoms with Crippen LogP contribution in [0, 0.1) is 5.82 Å². The van der Waals surface area contributed by atoms with E-state index in [1.165, 1.54) is 12.1 Å². The zero-order valence-electron chi connectivity index (χ0n) is 16.6. The Morgan fingerprint density at radius 2 is 1.77 bits per heavy atom. The number of amides is 1. The number of nitrogens with zero attached hydrogens (tertiary/aromatic N) is 1. The van der Waals surface area contributed by atoms with Crippen LogP contribution in [-0.2, 0) is 9.47 Å². The van der Waals surface area contributed by atoms with Crippen LogP contribution in [0.3, 0.4) is 0 Å². The van der Waals surface area contributed by atoms with Crippen molar-refractivity contribution in [2.75, 3.05) is 13.2 Å². The molecule has 1 fully saturated rings. The normalized spacial score (nSPS) is 14.9. The van der Waals surface area contributed by atoms with Gasteiger partial charge in [-0.1, -0.05) is 48.5 Å². The molecule has 0 radical (unpaired) electrons. The van der Waals surface area contributed by atoms with Crippen molar-refractivity contribution in [3.05, 3.63) is 89.7 Å². The summed E-state index contributed by atoms with van der Waals surface area (Å²) in [4.78, 5) is 16.0. The lowest BCUT2D eigenvalue weighted by Crippen LogP contribution is -2.30. The number of carboxylic acid groups (broad SMARTS) is 1. The topological polar surface area (TPSA) is 80.2 Å². The molecule has 7 heteroatoms. The first-order valence-electron chi connectivity index (χ1n) is 9.87. The van der Waals surface area contributed by atoms with Crippen molar-refractivity contribution in [3.8, 4) is 11.1 Å². The number of hydrogen-bond acceptors (Lipinski definition) is 4. The maximum Gasteiger partial charge on any atom is 0.410 e. The Labute approximate surface area is 179 Å². The second kappa shape index (κ2) is 9.51. The van der Waals surface area contributed by atoms with Gasteiger partial charge in [0.1, 0.15) is 11.7 Å². The first-order valence-corrected chi connectivity index (χ1v) is 9.87. The summed E-state index contributed by atoms with van der Waals surface area (Å²) in [6.07, 6.45) is -0.950. The van der Waals surface area contributed by atoms with E-state index >= 15 is 0 Å². The molecule has 0 spiro atoms. The minimum absolute atomic E-state index is 0.0217. The summed E-state index contributed by atoms with van der Waals surface area (Å²) in [5.74, 6) is -0.471. The highest BCUT2D eigenvalue weighted by atomic mass is 19.1. The third kappa shape index (κ3) is 5.14. The van der Waals surface area contributed by atoms with Crippen LogP contribution in [0.15, 0.2) is 77.8 Å². The third-order valence-electron chi connectivity index (χ3n) is 4.76. The molecule has 0 atom stereocenters. The molecule has 1 aliphatic rings. The standard InChI is InChI=1S/C24H21FN2O4/c25-18-10-11-20(16-6-2-1-3-7-16)21(15-18)22(27-24(28)29)26-19-9-4-8-17(14-19)23-30-12-5-13-31-23/h1-4,6-11,14-15,23H,5,12-13H2,(H,26,27)(H,28,29). The molecule has 1 heterocycles. The lowest BCUT2D eigenvalue weighted by Gasteiger charge is -2.23. The van der Waals surface area contributed by atoms with Gasteiger partial charge >= 0.3 is 6.09 Å². The maximum atomic E-state index is 14.1. The van der Waals surface area contributed by atoms with Crippen molar-refractivity contribution in [2.45, 2.75) is 12.7 Å². The molecule has 0 bridgehead atoms. The predicted octanol–water partition coefficient (Wildman–Crippen LogP) is 5.27. The molecule has 1 saturated heterocycles. The van der Waals surface area contributed by atoms with Crippen molar-refractivity contribution in [2.24, 2.45) is 4.99 Å². The largest absolute Gasteiger partial charge is 0.465 e. The molecule has 0 aromatic heterocycles. The summed E-state index contributed by atoms with van der Waals surface area (Å²) < 4.78 is 25.4. The van der Waals surface area contributed by atoms with Gasteiger partial charge in [-0.2, -0.15) is 0 Å². The van der Waals surface area contributed by atoms with E-state index in [9.17, 15) is 14.3 Å². The third-order valence-corrected chi connectivity index (χ3v) is 4.76. The Kier molecular flexibility index (Phi) is 6.35. The average Bonchev–Trinajstić information content (AvgIpc) is 2.80. The van der Waals surface area contributed by atoms with E-state index in [4.69, 9.17) is 9.47 Å². The zero-order chi connectivity index (χ0) is 21.6. The van der Waals surface area contributed by atoms with Crippen LogP contribution in [-0.4, -0.2) is 30.2 Å². The maximum absolute atomic E-state index is 14.1. The van der Waals surface area contributed by atoms with E-state index in [1.54, 1.807) is 24.3 Å². The van der Waals surface area contributed by atoms with Crippen LogP contribution in [0.5, 0.6) is 0 Å². The quantitative estimate of drug-likeness (QED) is 0.445. The Morgan fingerprint density at radius 3 is 2.52 bits per heavy atom. The lowest BCUT2D eigenvalue weighted by molar-refractivity contribution is -0.183. The zero-order valence-corrected chi connectivity index (χ0v) is 16.6. The van der Waals surface area contributed by atoms with Gasteiger partial charge in [-0.15, -0.1) is 0 Å². The monoisotopic (exact) mass is 420 g/mol. The van der Waals surface area contributed by atoms with Gasteiger partial charge in [0.2, 0.25) is 0 Å². The highest BCUT2D eigenvalue weighted by Crippen LogP contribution is 2.28. The van der Waals surface area contributed by atoms with E-state index in [0.29, 0.717) is 30.0 Å². The molecular formula is C24H21FN2O4. The van der Waals surface area contributed by atoms with E-state index in [1.807, 2.05) is 36.4 Å². The molecule has 0 saturated carbocycles. The fourth-order valence-corrected chi connectivity index (χ4v) is 3.39. The number of amidine groups is 1. The van der Waals surface area contributed by atoms with E-state index in [-0.39, 0.29) is 5.84 Å². The van der Waals surface area contributed by atoms with Crippen LogP contribution in [0.2, 0.25) is 0 Å². The van der Waals surface area contributed by atoms with Crippen LogP contribution in [0.1, 0.15) is 23.8 Å². The Morgan fingerprint density at radius 1 is 1.00 bits per heavy atom. The van der Waals surface area contributed by atoms with Gasteiger partial charge < -0.3 is 14.6 Å². The summed E-state index contributed by atoms with van der Waals surface area (Å²) in [5, 5.41) is 11.7. The number of carbonyl (C=O) groups is 1. The summed E-state index contributed by atoms with van der Waals surface area (Å²) in [6, 6.07) is 20.7. The van der Waals surface area contributed by atoms with Crippen LogP contribution < -0.4 is 5.32 Å². The van der Waals surface area contributed by atoms with E-state index in [2.05, 4.69) is 10.3 Å². The Bertz CT molecular complexity index is 1100. The highest BCUT2D eigenvalue weighted by Gasteiger charge is 2.18. The van der Waals surface area contributed by atoms with Crippen LogP contribution in [0.25, 0.3) is 11.1 Å². The second-order valence-electron chi connectivity index (χ2n) is 6.97. The van der Waals surface area contributed by atoms with Crippen molar-refractivity contribution in [3.63, 3.8) is 0 Å². The predicted molar refractivity (Wildman–Crippen MR) is 115 cm³/mol. The Balaban J connectivity index is 1.78. The van der Waals surface area contributed by atoms with Gasteiger partial charge in [0.15, 0.2) is 6.29 Å². The van der Waals surface area contributed by atoms with E-state index in [0.717, 1.165) is 17.5 Å². The SMILES string of the molecule is O=C(O)NC(=Nc1cccc(C2OCCCO2)c1)c1cc(F)ccc1-c1ccccc1. The number of aliphatic imine (C=N–C) groups is 1. The summed E-state index contributed by atoms with van der Waals surface area (Å²) in [5.41, 5.74) is 3.07. The van der Waals surface area contributed by atoms with Crippen LogP contribution in [0.4, 0.5) is 14.9 Å². The summed E-state index contributed by atoms with van der Waals surface area (Å²) in [7, 11) is 0. The number of ether oxygens (including phenoxy) is 2. The molecule has 6 nitrogen and oxygen atoms in total. The summed E-state index contributed by atoms with van der Waals surface area (Å²) in [6.45, 7) is 1.21. The minimum Gasteiger partial charge on any atom is -0.465 e. The molecule has 3 aromatic carbocycles. The van der Waals surface area contributed by atoms with Crippen LogP contribution >= 0.6 is 0 Å². The second-order valence-corrected chi connectivity index (χ2v) is 6.97. The smallest absolute Gasteiger partial charge is 0.410 e. The molecule has 0 aliphatic carbocycles. The Hall–Kier alpha value is -3.55. The first kappa shape index (κ1) is 20.7. The molecule has 3 aromatic rings. The molecule has 2 N–H and O–H groups in total. The number of rotatable bonds is 4. The van der Waals surface area contributed by atoms with Gasteiger partial charge in [-0.05, 0) is 41.8 Å². The number of halogens is 1. The molecule has 0 unspecified atom stereocenters. The molecular weight excluding hydrogens is 399 g/mol. The van der Waals surface area contributed by atoms with Crippen molar-refractivity contribution >= 4 is 17.6 Å². The minimum atomic E-state index is -1.29. The molecule has 1 amide bonds. The average molecular weight is 420 g/mol. The number of nitrogens with one attached hydrogen (secondary N) is 1. The molecule has 4 rings (SSSR count). The summed E-state index contributed by atoms with van der Waals surface area (Å²) >= 11 is 0. The lowest BCUT2D eigenvalue weighted by atomic mass is 9.98. The van der Waals surface area contributed by atoms with Gasteiger partial charge in [-0.25, -0.2) is 14.2 Å². The molecule has 31 heavy (non-hydrogen) atoms. The fourth-order valence-electron chi connectivity index (χ4n) is 3.39. The number of benzene rings is 3. The number of hydrogen-bond donors (Lipinski definition) is 2. The van der Waals surface area contributed by atoms with Gasteiger partial charge in [0.25, 0.3) is 0 Å². The van der Waals surface area contributed by atoms with Gasteiger partial charge in [0, 0.05) is 11.1 Å². The van der Waals surface area contributed by atoms with Gasteiger partial charge in [-0.3, -0.25) is 5.32 Å². The van der Waals surface area contributed by atoms with Crippen molar-refractivity contribution < 1.29 is 23.8 Å². The van der Waals surface area contributed by atoms with E-state index < -0.39 is 18.2 Å². The highest BCUT2D eigenvalue weighted by molar-refractivity contribution is 6.11. The molecule has 158 valence electrons. The first-order chi connectivity index (χ1) is 15.1.